The number of hydrogen-bond donors (Lipinski definition) is 1. The van der Waals surface area contributed by atoms with E-state index in [-0.39, 0.29) is 27.5 Å². The van der Waals surface area contributed by atoms with E-state index < -0.39 is 22.6 Å². The molecule has 8 nitrogen and oxygen atoms in total. The Balaban J connectivity index is 2.19. The molecule has 0 aromatic heterocycles. The smallest absolute Gasteiger partial charge is 0.293 e. The maximum atomic E-state index is 12.8. The van der Waals surface area contributed by atoms with Crippen molar-refractivity contribution in [3.63, 3.8) is 0 Å². The standard InChI is InChI=1S/C19H14ClN3O5/c1-10(24)21-14-8-7-12(9-16(14)23(27)28)18(20)17-13-5-3-4-6-15(13)22(11(2)25)19(17)26/h3-9H,1-2H3,(H,21,24)/b18-17+. The molecule has 1 N–H and O–H groups in total. The molecule has 1 aliphatic heterocycles. The predicted molar refractivity (Wildman–Crippen MR) is 105 cm³/mol. The maximum absolute atomic E-state index is 12.8. The number of nitro groups is 1. The van der Waals surface area contributed by atoms with Gasteiger partial charge in [-0.1, -0.05) is 35.9 Å². The number of amides is 3. The number of nitro benzene ring substituents is 1. The molecule has 0 saturated heterocycles. The molecule has 0 saturated carbocycles. The van der Waals surface area contributed by atoms with Gasteiger partial charge in [-0.05, 0) is 12.1 Å². The van der Waals surface area contributed by atoms with Crippen molar-refractivity contribution in [1.29, 1.82) is 0 Å². The molecule has 9 heteroatoms. The van der Waals surface area contributed by atoms with Crippen molar-refractivity contribution in [2.75, 3.05) is 10.2 Å². The van der Waals surface area contributed by atoms with Crippen LogP contribution < -0.4 is 10.2 Å². The second kappa shape index (κ2) is 7.24. The summed E-state index contributed by atoms with van der Waals surface area (Å²) in [5, 5.41) is 13.7. The van der Waals surface area contributed by atoms with E-state index in [9.17, 15) is 24.5 Å². The SMILES string of the molecule is CC(=O)Nc1ccc(/C(Cl)=C2\C(=O)N(C(C)=O)c3ccccc32)cc1[N+](=O)[O-]. The monoisotopic (exact) mass is 399 g/mol. The van der Waals surface area contributed by atoms with Crippen LogP contribution in [0.25, 0.3) is 10.6 Å². The fourth-order valence-corrected chi connectivity index (χ4v) is 3.30. The number of imide groups is 1. The molecule has 1 aliphatic rings. The summed E-state index contributed by atoms with van der Waals surface area (Å²) in [6.07, 6.45) is 0. The van der Waals surface area contributed by atoms with E-state index in [1.807, 2.05) is 0 Å². The predicted octanol–water partition coefficient (Wildman–Crippen LogP) is 3.55. The Morgan fingerprint density at radius 2 is 1.82 bits per heavy atom. The number of benzene rings is 2. The van der Waals surface area contributed by atoms with E-state index in [0.29, 0.717) is 11.3 Å². The highest BCUT2D eigenvalue weighted by Crippen LogP contribution is 2.43. The minimum Gasteiger partial charge on any atom is -0.321 e. The average molecular weight is 400 g/mol. The molecule has 0 aliphatic carbocycles. The summed E-state index contributed by atoms with van der Waals surface area (Å²) in [6, 6.07) is 10.6. The number of rotatable bonds is 3. The first-order valence-corrected chi connectivity index (χ1v) is 8.50. The zero-order valence-corrected chi connectivity index (χ0v) is 15.6. The Morgan fingerprint density at radius 1 is 1.14 bits per heavy atom. The highest BCUT2D eigenvalue weighted by molar-refractivity contribution is 6.60. The zero-order valence-electron chi connectivity index (χ0n) is 14.9. The van der Waals surface area contributed by atoms with Crippen LogP contribution in [0.4, 0.5) is 17.1 Å². The largest absolute Gasteiger partial charge is 0.321 e. The summed E-state index contributed by atoms with van der Waals surface area (Å²) >= 11 is 6.45. The molecule has 1 heterocycles. The van der Waals surface area contributed by atoms with Crippen molar-refractivity contribution in [3.05, 3.63) is 63.7 Å². The van der Waals surface area contributed by atoms with E-state index in [4.69, 9.17) is 11.6 Å². The van der Waals surface area contributed by atoms with Crippen LogP contribution in [0.15, 0.2) is 42.5 Å². The fourth-order valence-electron chi connectivity index (χ4n) is 3.00. The molecule has 0 radical (unpaired) electrons. The number of carbonyl (C=O) groups excluding carboxylic acids is 3. The summed E-state index contributed by atoms with van der Waals surface area (Å²) in [4.78, 5) is 47.7. The van der Waals surface area contributed by atoms with Crippen molar-refractivity contribution in [2.24, 2.45) is 0 Å². The molecule has 0 bridgehead atoms. The van der Waals surface area contributed by atoms with Gasteiger partial charge in [0.1, 0.15) is 5.69 Å². The molecule has 0 spiro atoms. The number of para-hydroxylation sites is 1. The lowest BCUT2D eigenvalue weighted by molar-refractivity contribution is -0.383. The Labute approximate surface area is 164 Å². The minimum absolute atomic E-state index is 0.0132. The Bertz CT molecular complexity index is 1080. The number of carbonyl (C=O) groups is 3. The lowest BCUT2D eigenvalue weighted by Crippen LogP contribution is -2.31. The van der Waals surface area contributed by atoms with Gasteiger partial charge in [0, 0.05) is 31.0 Å². The third-order valence-electron chi connectivity index (χ3n) is 4.12. The Morgan fingerprint density at radius 3 is 2.43 bits per heavy atom. The summed E-state index contributed by atoms with van der Waals surface area (Å²) in [6.45, 7) is 2.50. The van der Waals surface area contributed by atoms with Gasteiger partial charge in [0.15, 0.2) is 0 Å². The van der Waals surface area contributed by atoms with E-state index in [2.05, 4.69) is 5.32 Å². The van der Waals surface area contributed by atoms with Gasteiger partial charge in [0.25, 0.3) is 11.6 Å². The van der Waals surface area contributed by atoms with Crippen LogP contribution in [-0.4, -0.2) is 22.6 Å². The zero-order chi connectivity index (χ0) is 20.6. The third-order valence-corrected chi connectivity index (χ3v) is 4.53. The fraction of sp³-hybridized carbons (Fsp3) is 0.105. The number of anilines is 2. The van der Waals surface area contributed by atoms with Gasteiger partial charge in [0.2, 0.25) is 11.8 Å². The molecule has 0 atom stereocenters. The number of nitrogens with zero attached hydrogens (tertiary/aromatic N) is 2. The van der Waals surface area contributed by atoms with Gasteiger partial charge in [-0.25, -0.2) is 4.90 Å². The van der Waals surface area contributed by atoms with Crippen LogP contribution in [-0.2, 0) is 14.4 Å². The van der Waals surface area contributed by atoms with Crippen LogP contribution in [0.1, 0.15) is 25.0 Å². The van der Waals surface area contributed by atoms with Gasteiger partial charge in [-0.2, -0.15) is 0 Å². The summed E-state index contributed by atoms with van der Waals surface area (Å²) < 4.78 is 0. The first-order chi connectivity index (χ1) is 13.2. The van der Waals surface area contributed by atoms with Crippen LogP contribution in [0.3, 0.4) is 0 Å². The number of hydrogen-bond acceptors (Lipinski definition) is 5. The molecule has 3 rings (SSSR count). The van der Waals surface area contributed by atoms with E-state index >= 15 is 0 Å². The first-order valence-electron chi connectivity index (χ1n) is 8.13. The highest BCUT2D eigenvalue weighted by atomic mass is 35.5. The van der Waals surface area contributed by atoms with Crippen LogP contribution in [0.2, 0.25) is 0 Å². The molecular formula is C19H14ClN3O5. The van der Waals surface area contributed by atoms with Crippen molar-refractivity contribution in [1.82, 2.24) is 0 Å². The van der Waals surface area contributed by atoms with E-state index in [1.165, 1.54) is 32.0 Å². The average Bonchev–Trinajstić information content (AvgIpc) is 2.92. The molecule has 2 aromatic rings. The van der Waals surface area contributed by atoms with Crippen molar-refractivity contribution in [2.45, 2.75) is 13.8 Å². The molecular weight excluding hydrogens is 386 g/mol. The van der Waals surface area contributed by atoms with Gasteiger partial charge < -0.3 is 5.32 Å². The van der Waals surface area contributed by atoms with Crippen molar-refractivity contribution >= 4 is 57.0 Å². The lowest BCUT2D eigenvalue weighted by Gasteiger charge is -2.11. The van der Waals surface area contributed by atoms with Gasteiger partial charge in [-0.3, -0.25) is 24.5 Å². The van der Waals surface area contributed by atoms with Gasteiger partial charge in [-0.15, -0.1) is 0 Å². The summed E-state index contributed by atoms with van der Waals surface area (Å²) in [7, 11) is 0. The molecule has 3 amide bonds. The van der Waals surface area contributed by atoms with E-state index in [0.717, 1.165) is 4.90 Å². The summed E-state index contributed by atoms with van der Waals surface area (Å²) in [5.74, 6) is -1.53. The van der Waals surface area contributed by atoms with Crippen molar-refractivity contribution in [3.8, 4) is 0 Å². The third kappa shape index (κ3) is 3.25. The van der Waals surface area contributed by atoms with Crippen LogP contribution in [0, 0.1) is 10.1 Å². The second-order valence-electron chi connectivity index (χ2n) is 6.04. The molecule has 2 aromatic carbocycles. The lowest BCUT2D eigenvalue weighted by atomic mass is 10.0. The number of halogens is 1. The quantitative estimate of drug-likeness (QED) is 0.482. The molecule has 0 unspecified atom stereocenters. The van der Waals surface area contributed by atoms with Gasteiger partial charge in [0.05, 0.1) is 21.2 Å². The molecule has 28 heavy (non-hydrogen) atoms. The highest BCUT2D eigenvalue weighted by Gasteiger charge is 2.37. The topological polar surface area (TPSA) is 110 Å². The first kappa shape index (κ1) is 19.2. The number of fused-ring (bicyclic) bond motifs is 1. The van der Waals surface area contributed by atoms with Crippen LogP contribution in [0.5, 0.6) is 0 Å². The van der Waals surface area contributed by atoms with Gasteiger partial charge >= 0.3 is 0 Å². The van der Waals surface area contributed by atoms with E-state index in [1.54, 1.807) is 24.3 Å². The van der Waals surface area contributed by atoms with Crippen molar-refractivity contribution < 1.29 is 19.3 Å². The second-order valence-corrected chi connectivity index (χ2v) is 6.41. The summed E-state index contributed by atoms with van der Waals surface area (Å²) in [5.41, 5.74) is 0.798. The maximum Gasteiger partial charge on any atom is 0.293 e. The minimum atomic E-state index is -0.657. The molecule has 142 valence electrons. The Kier molecular flexibility index (Phi) is 4.98. The Hall–Kier alpha value is -3.52. The van der Waals surface area contributed by atoms with Crippen LogP contribution >= 0.6 is 11.6 Å². The number of nitrogens with one attached hydrogen (secondary N) is 1. The molecule has 0 fully saturated rings. The normalized spacial score (nSPS) is 14.5.